The minimum Gasteiger partial charge on any atom is -0.497 e. The van der Waals surface area contributed by atoms with E-state index in [1.54, 1.807) is 38.3 Å². The highest BCUT2D eigenvalue weighted by Gasteiger charge is 2.19. The number of halogens is 2. The average Bonchev–Trinajstić information content (AvgIpc) is 3.09. The van der Waals surface area contributed by atoms with Crippen LogP contribution < -0.4 is 41.8 Å². The zero-order valence-corrected chi connectivity index (χ0v) is 29.1. The standard InChI is InChI=1S/C22H23FN4O2.C15H17FN4O2/c1-14-9-16(11-17(10-14)29-3)25-21-18(20(24)28)12-19(23)22(26-21)27(2)13-15-7-5-4-6-8-15;1-8-4-9(6-10(5-8)22-3)19-14-11(13(17)21)7-12(16)15(18-2)20-14/h4-12H,13H2,1-3H3,(H2,24,28)(H,25,26);4-7H,1-3H3,(H2,17,21)(H2,18,19,20). The number of carbonyl (C=O) groups is 2. The molecule has 0 fully saturated rings. The zero-order valence-electron chi connectivity index (χ0n) is 29.1. The molecule has 2 heterocycles. The van der Waals surface area contributed by atoms with Crippen LogP contribution in [-0.2, 0) is 6.54 Å². The van der Waals surface area contributed by atoms with Gasteiger partial charge in [-0.15, -0.1) is 0 Å². The molecule has 0 aliphatic carbocycles. The number of carbonyl (C=O) groups excluding carboxylic acids is 2. The number of anilines is 6. The number of hydrogen-bond donors (Lipinski definition) is 5. The molecule has 0 aliphatic rings. The van der Waals surface area contributed by atoms with Gasteiger partial charge in [0.2, 0.25) is 0 Å². The third-order valence-electron chi connectivity index (χ3n) is 7.42. The number of aryl methyl sites for hydroxylation is 2. The molecule has 7 N–H and O–H groups in total. The molecule has 0 aliphatic heterocycles. The first kappa shape index (κ1) is 37.4. The summed E-state index contributed by atoms with van der Waals surface area (Å²) in [6, 6.07) is 22.8. The van der Waals surface area contributed by atoms with Gasteiger partial charge >= 0.3 is 0 Å². The molecule has 0 atom stereocenters. The van der Waals surface area contributed by atoms with Crippen LogP contribution in [-0.4, -0.2) is 50.1 Å². The molecule has 3 aromatic carbocycles. The highest BCUT2D eigenvalue weighted by Crippen LogP contribution is 2.29. The van der Waals surface area contributed by atoms with Crippen molar-refractivity contribution in [3.05, 3.63) is 118 Å². The second kappa shape index (κ2) is 16.8. The van der Waals surface area contributed by atoms with Gasteiger partial charge in [-0.05, 0) is 66.9 Å². The summed E-state index contributed by atoms with van der Waals surface area (Å²) in [7, 11) is 6.40. The van der Waals surface area contributed by atoms with Crippen LogP contribution in [0.15, 0.2) is 78.9 Å². The number of nitrogens with two attached hydrogens (primary N) is 2. The van der Waals surface area contributed by atoms with Crippen LogP contribution in [0.5, 0.6) is 11.5 Å². The molecule has 5 aromatic rings. The fourth-order valence-corrected chi connectivity index (χ4v) is 5.06. The maximum absolute atomic E-state index is 14.7. The normalized spacial score (nSPS) is 10.4. The van der Waals surface area contributed by atoms with Crippen molar-refractivity contribution in [1.29, 1.82) is 0 Å². The molecule has 0 unspecified atom stereocenters. The van der Waals surface area contributed by atoms with Gasteiger partial charge in [-0.25, -0.2) is 18.7 Å². The van der Waals surface area contributed by atoms with Gasteiger partial charge < -0.3 is 41.8 Å². The van der Waals surface area contributed by atoms with Crippen molar-refractivity contribution in [3.8, 4) is 11.5 Å². The van der Waals surface area contributed by atoms with Crippen LogP contribution in [0.1, 0.15) is 37.4 Å². The first-order chi connectivity index (χ1) is 24.3. The molecule has 0 saturated carbocycles. The fourth-order valence-electron chi connectivity index (χ4n) is 5.06. The SMILES string of the molecule is CNc1nc(Nc2cc(C)cc(OC)c2)c(C(N)=O)cc1F.COc1cc(C)cc(Nc2nc(N(C)Cc3ccccc3)c(F)cc2C(N)=O)c1. The Morgan fingerprint density at radius 2 is 1.22 bits per heavy atom. The first-order valence-corrected chi connectivity index (χ1v) is 15.6. The van der Waals surface area contributed by atoms with Crippen molar-refractivity contribution in [2.24, 2.45) is 11.5 Å². The number of nitrogens with one attached hydrogen (secondary N) is 3. The van der Waals surface area contributed by atoms with Crippen LogP contribution in [0.4, 0.5) is 43.4 Å². The van der Waals surface area contributed by atoms with Gasteiger partial charge in [-0.3, -0.25) is 9.59 Å². The second-order valence-corrected chi connectivity index (χ2v) is 11.5. The lowest BCUT2D eigenvalue weighted by Gasteiger charge is -2.21. The summed E-state index contributed by atoms with van der Waals surface area (Å²) in [4.78, 5) is 33.4. The van der Waals surface area contributed by atoms with Crippen molar-refractivity contribution in [2.45, 2.75) is 20.4 Å². The fraction of sp³-hybridized carbons (Fsp3) is 0.189. The number of methoxy groups -OCH3 is 2. The van der Waals surface area contributed by atoms with E-state index >= 15 is 0 Å². The third kappa shape index (κ3) is 9.81. The summed E-state index contributed by atoms with van der Waals surface area (Å²) in [6.45, 7) is 4.28. The number of rotatable bonds is 12. The van der Waals surface area contributed by atoms with Gasteiger partial charge in [-0.2, -0.15) is 0 Å². The van der Waals surface area contributed by atoms with E-state index in [1.807, 2.05) is 68.4 Å². The summed E-state index contributed by atoms with van der Waals surface area (Å²) < 4.78 is 38.9. The van der Waals surface area contributed by atoms with Crippen LogP contribution in [0, 0.1) is 25.5 Å². The monoisotopic (exact) mass is 698 g/mol. The molecule has 0 radical (unpaired) electrons. The molecule has 12 nitrogen and oxygen atoms in total. The number of pyridine rings is 2. The number of aromatic nitrogens is 2. The van der Waals surface area contributed by atoms with Crippen molar-refractivity contribution in [2.75, 3.05) is 49.2 Å². The lowest BCUT2D eigenvalue weighted by atomic mass is 10.1. The van der Waals surface area contributed by atoms with Crippen molar-refractivity contribution in [1.82, 2.24) is 9.97 Å². The van der Waals surface area contributed by atoms with Crippen molar-refractivity contribution >= 4 is 46.5 Å². The van der Waals surface area contributed by atoms with E-state index in [4.69, 9.17) is 20.9 Å². The van der Waals surface area contributed by atoms with Gasteiger partial charge in [0.15, 0.2) is 23.3 Å². The molecule has 0 saturated heterocycles. The van der Waals surface area contributed by atoms with Crippen LogP contribution in [0.25, 0.3) is 0 Å². The highest BCUT2D eigenvalue weighted by atomic mass is 19.1. The van der Waals surface area contributed by atoms with Crippen molar-refractivity contribution in [3.63, 3.8) is 0 Å². The Morgan fingerprint density at radius 1 is 0.725 bits per heavy atom. The van der Waals surface area contributed by atoms with Gasteiger partial charge in [0.05, 0.1) is 25.3 Å². The van der Waals surface area contributed by atoms with Gasteiger partial charge in [0.25, 0.3) is 11.8 Å². The molecule has 2 amide bonds. The van der Waals surface area contributed by atoms with E-state index in [2.05, 4.69) is 25.9 Å². The van der Waals surface area contributed by atoms with E-state index in [0.717, 1.165) is 28.8 Å². The topological polar surface area (TPSA) is 170 Å². The number of nitrogens with zero attached hydrogens (tertiary/aromatic N) is 3. The predicted octanol–water partition coefficient (Wildman–Crippen LogP) is 6.44. The average molecular weight is 699 g/mol. The summed E-state index contributed by atoms with van der Waals surface area (Å²) in [5, 5.41) is 8.66. The smallest absolute Gasteiger partial charge is 0.252 e. The van der Waals surface area contributed by atoms with E-state index in [0.29, 0.717) is 29.4 Å². The van der Waals surface area contributed by atoms with E-state index in [9.17, 15) is 18.4 Å². The summed E-state index contributed by atoms with van der Waals surface area (Å²) >= 11 is 0. The largest absolute Gasteiger partial charge is 0.497 e. The molecule has 5 rings (SSSR count). The van der Waals surface area contributed by atoms with Crippen LogP contribution in [0.3, 0.4) is 0 Å². The molecule has 51 heavy (non-hydrogen) atoms. The third-order valence-corrected chi connectivity index (χ3v) is 7.42. The van der Waals surface area contributed by atoms with Crippen molar-refractivity contribution < 1.29 is 27.8 Å². The molecule has 266 valence electrons. The Labute approximate surface area is 294 Å². The summed E-state index contributed by atoms with van der Waals surface area (Å²) in [5.41, 5.74) is 14.9. The highest BCUT2D eigenvalue weighted by molar-refractivity contribution is 5.99. The predicted molar refractivity (Wildman–Crippen MR) is 196 cm³/mol. The van der Waals surface area contributed by atoms with E-state index in [-0.39, 0.29) is 34.4 Å². The number of primary amides is 2. The number of benzene rings is 3. The molecular weight excluding hydrogens is 658 g/mol. The maximum Gasteiger partial charge on any atom is 0.252 e. The lowest BCUT2D eigenvalue weighted by molar-refractivity contribution is 0.0992. The lowest BCUT2D eigenvalue weighted by Crippen LogP contribution is -2.22. The van der Waals surface area contributed by atoms with E-state index in [1.165, 1.54) is 7.05 Å². The van der Waals surface area contributed by atoms with Crippen LogP contribution in [0.2, 0.25) is 0 Å². The number of hydrogen-bond acceptors (Lipinski definition) is 10. The quantitative estimate of drug-likeness (QED) is 0.0978. The summed E-state index contributed by atoms with van der Waals surface area (Å²) in [6.07, 6.45) is 0. The Bertz CT molecular complexity index is 2030. The second-order valence-electron chi connectivity index (χ2n) is 11.5. The Balaban J connectivity index is 0.000000238. The minimum atomic E-state index is -0.768. The Hall–Kier alpha value is -6.44. The van der Waals surface area contributed by atoms with Gasteiger partial charge in [0, 0.05) is 44.1 Å². The first-order valence-electron chi connectivity index (χ1n) is 15.6. The van der Waals surface area contributed by atoms with Gasteiger partial charge in [-0.1, -0.05) is 30.3 Å². The van der Waals surface area contributed by atoms with Crippen LogP contribution >= 0.6 is 0 Å². The summed E-state index contributed by atoms with van der Waals surface area (Å²) in [5.74, 6) is -1.02. The van der Waals surface area contributed by atoms with E-state index < -0.39 is 23.4 Å². The Kier molecular flexibility index (Phi) is 12.3. The number of amides is 2. The molecule has 2 aromatic heterocycles. The Morgan fingerprint density at radius 3 is 1.69 bits per heavy atom. The molecule has 14 heteroatoms. The maximum atomic E-state index is 14.7. The molecule has 0 bridgehead atoms. The van der Waals surface area contributed by atoms with Gasteiger partial charge in [0.1, 0.15) is 23.1 Å². The number of ether oxygens (including phenoxy) is 2. The zero-order chi connectivity index (χ0) is 37.2. The molecule has 0 spiro atoms. The molecular formula is C37H40F2N8O4. The minimum absolute atomic E-state index is 0.0205.